The molecule has 2 fully saturated rings. The quantitative estimate of drug-likeness (QED) is 0.547. The van der Waals surface area contributed by atoms with Crippen molar-refractivity contribution in [3.63, 3.8) is 0 Å². The Bertz CT molecular complexity index is 163. The average Bonchev–Trinajstić information content (AvgIpc) is 3.03. The summed E-state index contributed by atoms with van der Waals surface area (Å²) < 4.78 is 0. The van der Waals surface area contributed by atoms with E-state index in [2.05, 4.69) is 22.4 Å². The van der Waals surface area contributed by atoms with Gasteiger partial charge in [-0.1, -0.05) is 0 Å². The van der Waals surface area contributed by atoms with Crippen LogP contribution in [0.25, 0.3) is 0 Å². The number of nitrogens with zero attached hydrogens (tertiary/aromatic N) is 2. The SMILES string of the molecule is SCCCCN1CCN(C2CC2)CC1. The molecule has 1 aliphatic heterocycles. The van der Waals surface area contributed by atoms with Gasteiger partial charge in [0.1, 0.15) is 0 Å². The van der Waals surface area contributed by atoms with Gasteiger partial charge in [-0.25, -0.2) is 0 Å². The lowest BCUT2D eigenvalue weighted by atomic mass is 10.2. The molecular formula is C11H22N2S. The van der Waals surface area contributed by atoms with Crippen molar-refractivity contribution in [1.82, 2.24) is 9.80 Å². The Morgan fingerprint density at radius 3 is 2.29 bits per heavy atom. The normalized spacial score (nSPS) is 25.5. The van der Waals surface area contributed by atoms with Crippen molar-refractivity contribution in [2.75, 3.05) is 38.5 Å². The molecular weight excluding hydrogens is 192 g/mol. The van der Waals surface area contributed by atoms with Crippen LogP contribution in [-0.2, 0) is 0 Å². The summed E-state index contributed by atoms with van der Waals surface area (Å²) in [5.41, 5.74) is 0. The molecule has 14 heavy (non-hydrogen) atoms. The van der Waals surface area contributed by atoms with Crippen LogP contribution in [0.2, 0.25) is 0 Å². The van der Waals surface area contributed by atoms with Crippen molar-refractivity contribution in [3.05, 3.63) is 0 Å². The summed E-state index contributed by atoms with van der Waals surface area (Å²) in [6.45, 7) is 6.50. The number of thiol groups is 1. The van der Waals surface area contributed by atoms with E-state index in [-0.39, 0.29) is 0 Å². The van der Waals surface area contributed by atoms with E-state index in [9.17, 15) is 0 Å². The highest BCUT2D eigenvalue weighted by molar-refractivity contribution is 7.80. The second-order valence-corrected chi connectivity index (χ2v) is 4.99. The molecule has 0 bridgehead atoms. The first-order chi connectivity index (χ1) is 6.90. The van der Waals surface area contributed by atoms with Gasteiger partial charge in [0, 0.05) is 32.2 Å². The summed E-state index contributed by atoms with van der Waals surface area (Å²) in [5.74, 6) is 1.04. The summed E-state index contributed by atoms with van der Waals surface area (Å²) in [4.78, 5) is 5.29. The van der Waals surface area contributed by atoms with Crippen LogP contribution in [0.3, 0.4) is 0 Å². The van der Waals surface area contributed by atoms with E-state index >= 15 is 0 Å². The zero-order chi connectivity index (χ0) is 9.80. The van der Waals surface area contributed by atoms with Crippen LogP contribution >= 0.6 is 12.6 Å². The first-order valence-corrected chi connectivity index (χ1v) is 6.60. The van der Waals surface area contributed by atoms with Crippen molar-refractivity contribution in [1.29, 1.82) is 0 Å². The molecule has 2 nitrogen and oxygen atoms in total. The summed E-state index contributed by atoms with van der Waals surface area (Å²) in [5, 5.41) is 0. The van der Waals surface area contributed by atoms with Gasteiger partial charge in [-0.05, 0) is 38.0 Å². The van der Waals surface area contributed by atoms with Gasteiger partial charge in [0.2, 0.25) is 0 Å². The molecule has 1 aliphatic carbocycles. The zero-order valence-corrected chi connectivity index (χ0v) is 9.88. The molecule has 0 aromatic carbocycles. The molecule has 2 aliphatic rings. The Morgan fingerprint density at radius 2 is 1.71 bits per heavy atom. The average molecular weight is 214 g/mol. The number of rotatable bonds is 5. The maximum Gasteiger partial charge on any atom is 0.0113 e. The molecule has 1 heterocycles. The molecule has 0 aromatic heterocycles. The fourth-order valence-electron chi connectivity index (χ4n) is 2.24. The van der Waals surface area contributed by atoms with Crippen molar-refractivity contribution in [2.45, 2.75) is 31.7 Å². The van der Waals surface area contributed by atoms with Crippen LogP contribution in [0, 0.1) is 0 Å². The highest BCUT2D eigenvalue weighted by Crippen LogP contribution is 2.27. The Labute approximate surface area is 93.1 Å². The highest BCUT2D eigenvalue weighted by Gasteiger charge is 2.30. The highest BCUT2D eigenvalue weighted by atomic mass is 32.1. The third-order valence-corrected chi connectivity index (χ3v) is 3.67. The molecule has 0 N–H and O–H groups in total. The first kappa shape index (κ1) is 10.8. The lowest BCUT2D eigenvalue weighted by molar-refractivity contribution is 0.125. The maximum absolute atomic E-state index is 4.24. The molecule has 3 heteroatoms. The van der Waals surface area contributed by atoms with Gasteiger partial charge in [0.15, 0.2) is 0 Å². The maximum atomic E-state index is 4.24. The minimum Gasteiger partial charge on any atom is -0.301 e. The summed E-state index contributed by atoms with van der Waals surface area (Å²) in [6, 6.07) is 0.967. The third-order valence-electron chi connectivity index (χ3n) is 3.35. The zero-order valence-electron chi connectivity index (χ0n) is 8.99. The van der Waals surface area contributed by atoms with Gasteiger partial charge in [0.25, 0.3) is 0 Å². The van der Waals surface area contributed by atoms with Gasteiger partial charge in [-0.15, -0.1) is 0 Å². The van der Waals surface area contributed by atoms with Crippen molar-refractivity contribution < 1.29 is 0 Å². The predicted molar refractivity (Wildman–Crippen MR) is 64.1 cm³/mol. The van der Waals surface area contributed by atoms with Crippen LogP contribution in [0.1, 0.15) is 25.7 Å². The standard InChI is InChI=1S/C11H22N2S/c14-10-2-1-5-12-6-8-13(9-7-12)11-3-4-11/h11,14H,1-10H2. The molecule has 1 saturated carbocycles. The van der Waals surface area contributed by atoms with Gasteiger partial charge in [-0.3, -0.25) is 4.90 Å². The fraction of sp³-hybridized carbons (Fsp3) is 1.00. The van der Waals surface area contributed by atoms with Crippen molar-refractivity contribution in [2.24, 2.45) is 0 Å². The molecule has 0 atom stereocenters. The van der Waals surface area contributed by atoms with Crippen LogP contribution in [0.4, 0.5) is 0 Å². The minimum atomic E-state index is 0.967. The van der Waals surface area contributed by atoms with Crippen LogP contribution in [-0.4, -0.2) is 54.3 Å². The summed E-state index contributed by atoms with van der Waals surface area (Å²) in [7, 11) is 0. The second-order valence-electron chi connectivity index (χ2n) is 4.54. The van der Waals surface area contributed by atoms with E-state index < -0.39 is 0 Å². The largest absolute Gasteiger partial charge is 0.301 e. The fourth-order valence-corrected chi connectivity index (χ4v) is 2.46. The van der Waals surface area contributed by atoms with Gasteiger partial charge < -0.3 is 4.90 Å². The van der Waals surface area contributed by atoms with Crippen molar-refractivity contribution in [3.8, 4) is 0 Å². The van der Waals surface area contributed by atoms with E-state index in [0.29, 0.717) is 0 Å². The number of hydrogen-bond donors (Lipinski definition) is 1. The minimum absolute atomic E-state index is 0.967. The summed E-state index contributed by atoms with van der Waals surface area (Å²) >= 11 is 4.24. The molecule has 1 saturated heterocycles. The Balaban J connectivity index is 1.58. The van der Waals surface area contributed by atoms with E-state index in [0.717, 1.165) is 11.8 Å². The Morgan fingerprint density at radius 1 is 1.00 bits per heavy atom. The topological polar surface area (TPSA) is 6.48 Å². The predicted octanol–water partition coefficient (Wildman–Crippen LogP) is 1.48. The number of piperazine rings is 1. The Hall–Kier alpha value is 0.270. The van der Waals surface area contributed by atoms with Crippen LogP contribution in [0.15, 0.2) is 0 Å². The number of hydrogen-bond acceptors (Lipinski definition) is 3. The van der Waals surface area contributed by atoms with Gasteiger partial charge in [0.05, 0.1) is 0 Å². The smallest absolute Gasteiger partial charge is 0.0113 e. The van der Waals surface area contributed by atoms with E-state index in [4.69, 9.17) is 0 Å². The van der Waals surface area contributed by atoms with Crippen molar-refractivity contribution >= 4 is 12.6 Å². The molecule has 0 unspecified atom stereocenters. The van der Waals surface area contributed by atoms with E-state index in [1.807, 2.05) is 0 Å². The van der Waals surface area contributed by atoms with E-state index in [1.165, 1.54) is 58.4 Å². The Kier molecular flexibility index (Phi) is 4.14. The third kappa shape index (κ3) is 3.14. The molecule has 0 spiro atoms. The van der Waals surface area contributed by atoms with Crippen LogP contribution in [0.5, 0.6) is 0 Å². The van der Waals surface area contributed by atoms with Gasteiger partial charge in [-0.2, -0.15) is 12.6 Å². The lowest BCUT2D eigenvalue weighted by Gasteiger charge is -2.34. The second kappa shape index (κ2) is 5.38. The van der Waals surface area contributed by atoms with Crippen LogP contribution < -0.4 is 0 Å². The van der Waals surface area contributed by atoms with Gasteiger partial charge >= 0.3 is 0 Å². The monoisotopic (exact) mass is 214 g/mol. The molecule has 2 rings (SSSR count). The molecule has 0 aromatic rings. The lowest BCUT2D eigenvalue weighted by Crippen LogP contribution is -2.47. The summed E-state index contributed by atoms with van der Waals surface area (Å²) in [6.07, 6.45) is 5.51. The molecule has 82 valence electrons. The first-order valence-electron chi connectivity index (χ1n) is 5.97. The van der Waals surface area contributed by atoms with E-state index in [1.54, 1.807) is 0 Å². The molecule has 0 radical (unpaired) electrons. The molecule has 0 amide bonds. The number of unbranched alkanes of at least 4 members (excludes halogenated alkanes) is 1.